The molecule has 20 heavy (non-hydrogen) atoms. The van der Waals surface area contributed by atoms with Crippen molar-refractivity contribution < 1.29 is 9.53 Å². The lowest BCUT2D eigenvalue weighted by Gasteiger charge is -2.19. The molecule has 2 N–H and O–H groups in total. The number of hydrogen-bond acceptors (Lipinski definition) is 3. The van der Waals surface area contributed by atoms with Gasteiger partial charge in [-0.3, -0.25) is 0 Å². The van der Waals surface area contributed by atoms with Gasteiger partial charge in [0.1, 0.15) is 13.7 Å². The van der Waals surface area contributed by atoms with Crippen molar-refractivity contribution in [1.29, 1.82) is 0 Å². The van der Waals surface area contributed by atoms with Gasteiger partial charge in [-0.25, -0.2) is 4.79 Å². The largest absolute Gasteiger partial charge is 0.456 e. The molecule has 0 spiro atoms. The van der Waals surface area contributed by atoms with Crippen LogP contribution in [-0.4, -0.2) is 19.6 Å². The van der Waals surface area contributed by atoms with E-state index in [0.717, 1.165) is 5.56 Å². The first-order valence-electron chi connectivity index (χ1n) is 6.63. The summed E-state index contributed by atoms with van der Waals surface area (Å²) in [6.07, 6.45) is 0. The lowest BCUT2D eigenvalue weighted by Crippen LogP contribution is -2.24. The second-order valence-corrected chi connectivity index (χ2v) is 11.6. The zero-order chi connectivity index (χ0) is 15.6. The van der Waals surface area contributed by atoms with Crippen LogP contribution in [0.1, 0.15) is 36.7 Å². The van der Waals surface area contributed by atoms with Crippen LogP contribution >= 0.6 is 0 Å². The van der Waals surface area contributed by atoms with E-state index in [1.54, 1.807) is 18.2 Å². The van der Waals surface area contributed by atoms with Crippen LogP contribution in [0.15, 0.2) is 18.2 Å². The molecule has 0 saturated carbocycles. The van der Waals surface area contributed by atoms with Crippen LogP contribution in [0.2, 0.25) is 19.6 Å². The highest BCUT2D eigenvalue weighted by Gasteiger charge is 2.18. The molecule has 0 amide bonds. The van der Waals surface area contributed by atoms with Crippen molar-refractivity contribution in [3.8, 4) is 11.5 Å². The second kappa shape index (κ2) is 5.72. The number of nitrogen functional groups attached to an aromatic ring is 1. The summed E-state index contributed by atoms with van der Waals surface area (Å²) in [7, 11) is -1.46. The molecule has 108 valence electrons. The molecule has 4 heteroatoms. The second-order valence-electron chi connectivity index (χ2n) is 6.85. The Kier molecular flexibility index (Phi) is 4.67. The number of ether oxygens (including phenoxy) is 1. The number of carbonyl (C=O) groups is 1. The number of anilines is 1. The van der Waals surface area contributed by atoms with Crippen molar-refractivity contribution in [3.05, 3.63) is 29.3 Å². The molecule has 1 aromatic rings. The standard InChI is InChI=1S/C16H23NO2Si/c1-16(2,3)19-15(18)13-9-12(10-14(17)11-13)7-8-20(4,5)6/h9-11H,17H2,1-6H3. The van der Waals surface area contributed by atoms with Crippen LogP contribution in [0.5, 0.6) is 0 Å². The summed E-state index contributed by atoms with van der Waals surface area (Å²) in [6, 6.07) is 5.13. The summed E-state index contributed by atoms with van der Waals surface area (Å²) in [5.74, 6) is 2.73. The molecular weight excluding hydrogens is 266 g/mol. The van der Waals surface area contributed by atoms with E-state index in [1.807, 2.05) is 20.8 Å². The Balaban J connectivity index is 3.09. The van der Waals surface area contributed by atoms with E-state index in [0.29, 0.717) is 11.3 Å². The highest BCUT2D eigenvalue weighted by Crippen LogP contribution is 2.16. The predicted molar refractivity (Wildman–Crippen MR) is 86.2 cm³/mol. The zero-order valence-electron chi connectivity index (χ0n) is 13.1. The zero-order valence-corrected chi connectivity index (χ0v) is 14.1. The van der Waals surface area contributed by atoms with Gasteiger partial charge in [0.05, 0.1) is 5.56 Å². The monoisotopic (exact) mass is 289 g/mol. The van der Waals surface area contributed by atoms with Gasteiger partial charge in [-0.2, -0.15) is 0 Å². The molecule has 3 nitrogen and oxygen atoms in total. The SMILES string of the molecule is CC(C)(C)OC(=O)c1cc(N)cc(C#C[Si](C)(C)C)c1. The van der Waals surface area contributed by atoms with Crippen LogP contribution in [-0.2, 0) is 4.74 Å². The Morgan fingerprint density at radius 2 is 1.80 bits per heavy atom. The average molecular weight is 289 g/mol. The van der Waals surface area contributed by atoms with E-state index in [4.69, 9.17) is 10.5 Å². The lowest BCUT2D eigenvalue weighted by molar-refractivity contribution is 0.00695. The summed E-state index contributed by atoms with van der Waals surface area (Å²) in [5, 5.41) is 0. The smallest absolute Gasteiger partial charge is 0.338 e. The predicted octanol–water partition coefficient (Wildman–Crippen LogP) is 3.45. The molecule has 0 aromatic heterocycles. The summed E-state index contributed by atoms with van der Waals surface area (Å²) < 4.78 is 5.35. The van der Waals surface area contributed by atoms with E-state index in [-0.39, 0.29) is 5.97 Å². The molecule has 1 rings (SSSR count). The first-order valence-corrected chi connectivity index (χ1v) is 10.1. The van der Waals surface area contributed by atoms with E-state index in [2.05, 4.69) is 31.1 Å². The maximum Gasteiger partial charge on any atom is 0.338 e. The first kappa shape index (κ1) is 16.3. The maximum atomic E-state index is 12.0. The molecule has 0 heterocycles. The van der Waals surface area contributed by atoms with Crippen LogP contribution in [0.3, 0.4) is 0 Å². The number of nitrogens with two attached hydrogens (primary N) is 1. The lowest BCUT2D eigenvalue weighted by atomic mass is 10.1. The van der Waals surface area contributed by atoms with E-state index in [9.17, 15) is 4.79 Å². The van der Waals surface area contributed by atoms with Crippen molar-refractivity contribution >= 4 is 19.7 Å². The minimum atomic E-state index is -1.46. The van der Waals surface area contributed by atoms with Gasteiger partial charge in [-0.15, -0.1) is 5.54 Å². The molecular formula is C16H23NO2Si. The third-order valence-corrected chi connectivity index (χ3v) is 3.05. The molecule has 0 aliphatic rings. The summed E-state index contributed by atoms with van der Waals surface area (Å²) in [6.45, 7) is 12.0. The Hall–Kier alpha value is -1.73. The third-order valence-electron chi connectivity index (χ3n) is 2.17. The van der Waals surface area contributed by atoms with Gasteiger partial charge >= 0.3 is 5.97 Å². The summed E-state index contributed by atoms with van der Waals surface area (Å²) in [5.41, 5.74) is 10.3. The van der Waals surface area contributed by atoms with Crippen molar-refractivity contribution in [2.24, 2.45) is 0 Å². The van der Waals surface area contributed by atoms with Gasteiger partial charge in [0.2, 0.25) is 0 Å². The molecule has 0 saturated heterocycles. The van der Waals surface area contributed by atoms with Crippen LogP contribution in [0, 0.1) is 11.5 Å². The molecule has 0 aliphatic heterocycles. The molecule has 0 fully saturated rings. The van der Waals surface area contributed by atoms with Crippen molar-refractivity contribution in [2.45, 2.75) is 46.0 Å². The van der Waals surface area contributed by atoms with Crippen molar-refractivity contribution in [3.63, 3.8) is 0 Å². The Labute approximate surface area is 122 Å². The van der Waals surface area contributed by atoms with Crippen molar-refractivity contribution in [1.82, 2.24) is 0 Å². The summed E-state index contributed by atoms with van der Waals surface area (Å²) >= 11 is 0. The van der Waals surface area contributed by atoms with Crippen LogP contribution < -0.4 is 5.73 Å². The quantitative estimate of drug-likeness (QED) is 0.373. The first-order chi connectivity index (χ1) is 8.96. The molecule has 0 unspecified atom stereocenters. The van der Waals surface area contributed by atoms with Gasteiger partial charge < -0.3 is 10.5 Å². The molecule has 0 aliphatic carbocycles. The minimum Gasteiger partial charge on any atom is -0.456 e. The fourth-order valence-corrected chi connectivity index (χ4v) is 1.96. The molecule has 0 bridgehead atoms. The van der Waals surface area contributed by atoms with Crippen LogP contribution in [0.25, 0.3) is 0 Å². The minimum absolute atomic E-state index is 0.374. The normalized spacial score (nSPS) is 11.5. The number of hydrogen-bond donors (Lipinski definition) is 1. The maximum absolute atomic E-state index is 12.0. The number of carbonyl (C=O) groups excluding carboxylic acids is 1. The Morgan fingerprint density at radius 1 is 1.20 bits per heavy atom. The van der Waals surface area contributed by atoms with Gasteiger partial charge in [0.25, 0.3) is 0 Å². The van der Waals surface area contributed by atoms with Gasteiger partial charge in [0, 0.05) is 11.3 Å². The van der Waals surface area contributed by atoms with E-state index < -0.39 is 13.7 Å². The third kappa shape index (κ3) is 5.94. The summed E-state index contributed by atoms with van der Waals surface area (Å²) in [4.78, 5) is 12.0. The number of rotatable bonds is 1. The average Bonchev–Trinajstić information content (AvgIpc) is 2.22. The van der Waals surface area contributed by atoms with Gasteiger partial charge in [-0.05, 0) is 39.0 Å². The van der Waals surface area contributed by atoms with Crippen LogP contribution in [0.4, 0.5) is 5.69 Å². The van der Waals surface area contributed by atoms with Gasteiger partial charge in [0.15, 0.2) is 0 Å². The molecule has 0 atom stereocenters. The fraction of sp³-hybridized carbons (Fsp3) is 0.438. The number of benzene rings is 1. The Bertz CT molecular complexity index is 569. The van der Waals surface area contributed by atoms with Crippen molar-refractivity contribution in [2.75, 3.05) is 5.73 Å². The van der Waals surface area contributed by atoms with E-state index in [1.165, 1.54) is 0 Å². The molecule has 1 aromatic carbocycles. The highest BCUT2D eigenvalue weighted by molar-refractivity contribution is 6.83. The number of esters is 1. The topological polar surface area (TPSA) is 52.3 Å². The van der Waals surface area contributed by atoms with Gasteiger partial charge in [-0.1, -0.05) is 25.6 Å². The Morgan fingerprint density at radius 3 is 2.30 bits per heavy atom. The highest BCUT2D eigenvalue weighted by atomic mass is 28.3. The van der Waals surface area contributed by atoms with E-state index >= 15 is 0 Å². The fourth-order valence-electron chi connectivity index (χ4n) is 1.44. The molecule has 0 radical (unpaired) electrons.